The molecule has 0 bridgehead atoms. The molecule has 1 aromatic rings. The first kappa shape index (κ1) is 12.2. The number of hydrogen-bond donors (Lipinski definition) is 0. The van der Waals surface area contributed by atoms with Gasteiger partial charge in [0.2, 0.25) is 0 Å². The number of hydrogen-bond acceptors (Lipinski definition) is 1. The minimum absolute atomic E-state index is 0.172. The molecule has 0 N–H and O–H groups in total. The Kier molecular flexibility index (Phi) is 4.46. The van der Waals surface area contributed by atoms with Gasteiger partial charge in [-0.3, -0.25) is 0 Å². The standard InChI is InChI=1S/C12H9F3O/c1-2-3-8-16-10-6-4-9(5-7-10)11(13)12(14)15/h4-7H,8H2,1H3. The van der Waals surface area contributed by atoms with Crippen LogP contribution >= 0.6 is 0 Å². The van der Waals surface area contributed by atoms with Gasteiger partial charge < -0.3 is 4.74 Å². The molecule has 0 radical (unpaired) electrons. The highest BCUT2D eigenvalue weighted by molar-refractivity contribution is 5.60. The van der Waals surface area contributed by atoms with E-state index in [-0.39, 0.29) is 12.2 Å². The van der Waals surface area contributed by atoms with Gasteiger partial charge >= 0.3 is 6.08 Å². The summed E-state index contributed by atoms with van der Waals surface area (Å²) in [5, 5.41) is 0. The van der Waals surface area contributed by atoms with Crippen molar-refractivity contribution in [2.75, 3.05) is 6.61 Å². The second-order valence-electron chi connectivity index (χ2n) is 2.81. The fraction of sp³-hybridized carbons (Fsp3) is 0.167. The van der Waals surface area contributed by atoms with Crippen LogP contribution in [0.4, 0.5) is 13.2 Å². The number of ether oxygens (including phenoxy) is 1. The predicted molar refractivity (Wildman–Crippen MR) is 55.6 cm³/mol. The highest BCUT2D eigenvalue weighted by Gasteiger charge is 2.07. The van der Waals surface area contributed by atoms with Gasteiger partial charge in [0.15, 0.2) is 5.83 Å². The van der Waals surface area contributed by atoms with Gasteiger partial charge in [-0.1, -0.05) is 5.92 Å². The van der Waals surface area contributed by atoms with Crippen molar-refractivity contribution in [1.29, 1.82) is 0 Å². The first-order valence-electron chi connectivity index (χ1n) is 4.48. The molecular formula is C12H9F3O. The lowest BCUT2D eigenvalue weighted by Crippen LogP contribution is -1.93. The van der Waals surface area contributed by atoms with Crippen LogP contribution in [0.15, 0.2) is 30.3 Å². The molecule has 0 unspecified atom stereocenters. The van der Waals surface area contributed by atoms with E-state index in [1.54, 1.807) is 6.92 Å². The predicted octanol–water partition coefficient (Wildman–Crippen LogP) is 3.62. The van der Waals surface area contributed by atoms with Gasteiger partial charge in [-0.25, -0.2) is 4.39 Å². The molecule has 0 aliphatic rings. The normalized spacial score (nSPS) is 9.00. The minimum atomic E-state index is -2.33. The van der Waals surface area contributed by atoms with Gasteiger partial charge in [0, 0.05) is 5.56 Å². The van der Waals surface area contributed by atoms with Crippen molar-refractivity contribution in [3.63, 3.8) is 0 Å². The lowest BCUT2D eigenvalue weighted by molar-refractivity contribution is 0.370. The largest absolute Gasteiger partial charge is 0.481 e. The summed E-state index contributed by atoms with van der Waals surface area (Å²) in [5.41, 5.74) is -0.172. The smallest absolute Gasteiger partial charge is 0.306 e. The molecule has 84 valence electrons. The summed E-state index contributed by atoms with van der Waals surface area (Å²) in [6.45, 7) is 1.89. The topological polar surface area (TPSA) is 9.23 Å². The van der Waals surface area contributed by atoms with Crippen LogP contribution < -0.4 is 4.74 Å². The monoisotopic (exact) mass is 226 g/mol. The van der Waals surface area contributed by atoms with E-state index in [1.165, 1.54) is 24.3 Å². The maximum Gasteiger partial charge on any atom is 0.306 e. The molecule has 0 saturated heterocycles. The quantitative estimate of drug-likeness (QED) is 0.715. The second-order valence-corrected chi connectivity index (χ2v) is 2.81. The summed E-state index contributed by atoms with van der Waals surface area (Å²) < 4.78 is 41.7. The highest BCUT2D eigenvalue weighted by Crippen LogP contribution is 2.23. The number of halogens is 3. The van der Waals surface area contributed by atoms with E-state index in [0.29, 0.717) is 5.75 Å². The molecule has 0 spiro atoms. The maximum atomic E-state index is 12.8. The van der Waals surface area contributed by atoms with Crippen LogP contribution in [0.25, 0.3) is 5.83 Å². The summed E-state index contributed by atoms with van der Waals surface area (Å²) >= 11 is 0. The van der Waals surface area contributed by atoms with E-state index < -0.39 is 11.9 Å². The Morgan fingerprint density at radius 2 is 1.81 bits per heavy atom. The van der Waals surface area contributed by atoms with E-state index in [9.17, 15) is 13.2 Å². The van der Waals surface area contributed by atoms with Gasteiger partial charge in [0.05, 0.1) is 0 Å². The summed E-state index contributed by atoms with van der Waals surface area (Å²) in [5.74, 6) is 4.26. The van der Waals surface area contributed by atoms with Crippen molar-refractivity contribution in [2.24, 2.45) is 0 Å². The molecule has 0 aromatic heterocycles. The average Bonchev–Trinajstić information content (AvgIpc) is 2.29. The molecule has 0 saturated carbocycles. The third-order valence-corrected chi connectivity index (χ3v) is 1.76. The third-order valence-electron chi connectivity index (χ3n) is 1.76. The zero-order valence-corrected chi connectivity index (χ0v) is 8.56. The van der Waals surface area contributed by atoms with Gasteiger partial charge in [-0.05, 0) is 31.2 Å². The zero-order chi connectivity index (χ0) is 12.0. The Balaban J connectivity index is 2.74. The second kappa shape index (κ2) is 5.86. The minimum Gasteiger partial charge on any atom is -0.481 e. The average molecular weight is 226 g/mol. The first-order chi connectivity index (χ1) is 7.65. The van der Waals surface area contributed by atoms with Gasteiger partial charge in [0.1, 0.15) is 12.4 Å². The molecule has 16 heavy (non-hydrogen) atoms. The number of rotatable bonds is 3. The summed E-state index contributed by atoms with van der Waals surface area (Å²) in [6, 6.07) is 5.27. The molecule has 4 heteroatoms. The molecule has 1 rings (SSSR count). The van der Waals surface area contributed by atoms with Crippen molar-refractivity contribution in [3.8, 4) is 17.6 Å². The molecule has 0 atom stereocenters. The Hall–Kier alpha value is -1.89. The summed E-state index contributed by atoms with van der Waals surface area (Å²) in [4.78, 5) is 0. The van der Waals surface area contributed by atoms with Crippen molar-refractivity contribution in [2.45, 2.75) is 6.92 Å². The molecular weight excluding hydrogens is 217 g/mol. The Labute approximate surface area is 91.5 Å². The van der Waals surface area contributed by atoms with Gasteiger partial charge in [-0.15, -0.1) is 5.92 Å². The van der Waals surface area contributed by atoms with E-state index in [2.05, 4.69) is 11.8 Å². The molecule has 1 nitrogen and oxygen atoms in total. The van der Waals surface area contributed by atoms with Crippen LogP contribution in [0.1, 0.15) is 12.5 Å². The zero-order valence-electron chi connectivity index (χ0n) is 8.56. The van der Waals surface area contributed by atoms with E-state index in [4.69, 9.17) is 4.74 Å². The SMILES string of the molecule is CC#CCOc1ccc(C(F)=C(F)F)cc1. The van der Waals surface area contributed by atoms with Crippen molar-refractivity contribution in [1.82, 2.24) is 0 Å². The van der Waals surface area contributed by atoms with Crippen LogP contribution in [-0.4, -0.2) is 6.61 Å². The van der Waals surface area contributed by atoms with E-state index >= 15 is 0 Å². The Morgan fingerprint density at radius 3 is 2.31 bits per heavy atom. The molecule has 0 aliphatic carbocycles. The van der Waals surface area contributed by atoms with Crippen LogP contribution in [0.3, 0.4) is 0 Å². The lowest BCUT2D eigenvalue weighted by atomic mass is 10.2. The van der Waals surface area contributed by atoms with Gasteiger partial charge in [0.25, 0.3) is 0 Å². The number of benzene rings is 1. The van der Waals surface area contributed by atoms with Crippen molar-refractivity contribution < 1.29 is 17.9 Å². The molecule has 0 heterocycles. The lowest BCUT2D eigenvalue weighted by Gasteiger charge is -2.02. The summed E-state index contributed by atoms with van der Waals surface area (Å²) in [6.07, 6.45) is -2.33. The molecule has 0 fully saturated rings. The van der Waals surface area contributed by atoms with Crippen LogP contribution in [-0.2, 0) is 0 Å². The maximum absolute atomic E-state index is 12.8. The fourth-order valence-corrected chi connectivity index (χ4v) is 0.998. The fourth-order valence-electron chi connectivity index (χ4n) is 0.998. The van der Waals surface area contributed by atoms with Crippen molar-refractivity contribution in [3.05, 3.63) is 35.9 Å². The summed E-state index contributed by atoms with van der Waals surface area (Å²) in [7, 11) is 0. The molecule has 0 amide bonds. The van der Waals surface area contributed by atoms with Crippen LogP contribution in [0, 0.1) is 11.8 Å². The van der Waals surface area contributed by atoms with E-state index in [0.717, 1.165) is 0 Å². The van der Waals surface area contributed by atoms with Gasteiger partial charge in [-0.2, -0.15) is 8.78 Å². The van der Waals surface area contributed by atoms with E-state index in [1.807, 2.05) is 0 Å². The highest BCUT2D eigenvalue weighted by atomic mass is 19.3. The van der Waals surface area contributed by atoms with Crippen molar-refractivity contribution >= 4 is 5.83 Å². The Bertz CT molecular complexity index is 434. The molecule has 1 aromatic carbocycles. The first-order valence-corrected chi connectivity index (χ1v) is 4.48. The Morgan fingerprint density at radius 1 is 1.19 bits per heavy atom. The third kappa shape index (κ3) is 3.35. The van der Waals surface area contributed by atoms with Crippen LogP contribution in [0.2, 0.25) is 0 Å². The van der Waals surface area contributed by atoms with Crippen LogP contribution in [0.5, 0.6) is 5.75 Å². The molecule has 0 aliphatic heterocycles.